The average Bonchev–Trinajstić information content (AvgIpc) is 2.78. The zero-order valence-electron chi connectivity index (χ0n) is 13.9. The molecule has 124 valence electrons. The number of nitrogens with one attached hydrogen (secondary N) is 1. The Balaban J connectivity index is 1.97. The normalized spacial score (nSPS) is 28.3. The second-order valence-corrected chi connectivity index (χ2v) is 9.80. The monoisotopic (exact) mass is 316 g/mol. The van der Waals surface area contributed by atoms with E-state index in [-0.39, 0.29) is 6.04 Å². The maximum absolute atomic E-state index is 11.7. The molecule has 0 bridgehead atoms. The third-order valence-corrected chi connectivity index (χ3v) is 6.97. The molecule has 21 heavy (non-hydrogen) atoms. The smallest absolute Gasteiger partial charge is 0.151 e. The number of hydrogen-bond acceptors (Lipinski definition) is 4. The van der Waals surface area contributed by atoms with Crippen molar-refractivity contribution in [2.45, 2.75) is 64.5 Å². The molecular formula is C16H32N2O2S. The molecule has 2 fully saturated rings. The van der Waals surface area contributed by atoms with Crippen molar-refractivity contribution >= 4 is 9.84 Å². The van der Waals surface area contributed by atoms with Crippen LogP contribution < -0.4 is 5.32 Å². The van der Waals surface area contributed by atoms with Crippen LogP contribution in [0.4, 0.5) is 0 Å². The van der Waals surface area contributed by atoms with Crippen molar-refractivity contribution in [3.8, 4) is 0 Å². The van der Waals surface area contributed by atoms with Crippen molar-refractivity contribution < 1.29 is 8.42 Å². The van der Waals surface area contributed by atoms with Crippen molar-refractivity contribution in [1.82, 2.24) is 10.2 Å². The molecule has 0 aromatic carbocycles. The summed E-state index contributed by atoms with van der Waals surface area (Å²) in [5, 5.41) is 3.62. The molecule has 0 amide bonds. The molecule has 0 aromatic heterocycles. The highest BCUT2D eigenvalue weighted by Crippen LogP contribution is 2.37. The lowest BCUT2D eigenvalue weighted by Crippen LogP contribution is -2.48. The van der Waals surface area contributed by atoms with E-state index in [0.717, 1.165) is 19.5 Å². The van der Waals surface area contributed by atoms with Crippen LogP contribution >= 0.6 is 0 Å². The van der Waals surface area contributed by atoms with Crippen LogP contribution in [-0.4, -0.2) is 57.0 Å². The summed E-state index contributed by atoms with van der Waals surface area (Å²) in [7, 11) is -0.662. The quantitative estimate of drug-likeness (QED) is 0.815. The lowest BCUT2D eigenvalue weighted by molar-refractivity contribution is 0.0965. The van der Waals surface area contributed by atoms with Crippen LogP contribution in [0.25, 0.3) is 0 Å². The van der Waals surface area contributed by atoms with Gasteiger partial charge in [0.05, 0.1) is 11.5 Å². The molecule has 2 aliphatic rings. The van der Waals surface area contributed by atoms with Crippen LogP contribution in [0.3, 0.4) is 0 Å². The molecule has 2 rings (SSSR count). The second-order valence-electron chi connectivity index (χ2n) is 7.57. The first-order valence-electron chi connectivity index (χ1n) is 8.46. The predicted octanol–water partition coefficient (Wildman–Crippen LogP) is 2.05. The van der Waals surface area contributed by atoms with Gasteiger partial charge in [0, 0.05) is 25.2 Å². The molecule has 0 aromatic rings. The SMILES string of the molecule is CC(C)NCC1(CN(C)C2CCS(=O)(=O)C2)CCCCC1. The zero-order chi connectivity index (χ0) is 15.5. The third-order valence-electron chi connectivity index (χ3n) is 5.22. The lowest BCUT2D eigenvalue weighted by atomic mass is 9.73. The van der Waals surface area contributed by atoms with Crippen LogP contribution in [0.1, 0.15) is 52.4 Å². The molecule has 5 heteroatoms. The highest BCUT2D eigenvalue weighted by molar-refractivity contribution is 7.91. The van der Waals surface area contributed by atoms with Crippen molar-refractivity contribution in [3.63, 3.8) is 0 Å². The Morgan fingerprint density at radius 2 is 1.90 bits per heavy atom. The highest BCUT2D eigenvalue weighted by atomic mass is 32.2. The van der Waals surface area contributed by atoms with Crippen LogP contribution in [0.2, 0.25) is 0 Å². The van der Waals surface area contributed by atoms with Crippen LogP contribution in [0.15, 0.2) is 0 Å². The van der Waals surface area contributed by atoms with E-state index in [0.29, 0.717) is 23.0 Å². The minimum absolute atomic E-state index is 0.229. The van der Waals surface area contributed by atoms with E-state index in [1.807, 2.05) is 0 Å². The topological polar surface area (TPSA) is 49.4 Å². The van der Waals surface area contributed by atoms with Crippen molar-refractivity contribution in [2.24, 2.45) is 5.41 Å². The molecule has 1 saturated carbocycles. The van der Waals surface area contributed by atoms with Crippen molar-refractivity contribution in [3.05, 3.63) is 0 Å². The Hall–Kier alpha value is -0.130. The summed E-state index contributed by atoms with van der Waals surface area (Å²) in [4.78, 5) is 2.33. The van der Waals surface area contributed by atoms with Gasteiger partial charge in [-0.3, -0.25) is 0 Å². The maximum Gasteiger partial charge on any atom is 0.151 e. The first-order valence-corrected chi connectivity index (χ1v) is 10.3. The van der Waals surface area contributed by atoms with Gasteiger partial charge in [-0.15, -0.1) is 0 Å². The van der Waals surface area contributed by atoms with E-state index in [1.54, 1.807) is 0 Å². The summed E-state index contributed by atoms with van der Waals surface area (Å²) in [6.07, 6.45) is 7.34. The molecule has 1 saturated heterocycles. The molecular weight excluding hydrogens is 284 g/mol. The number of sulfone groups is 1. The van der Waals surface area contributed by atoms with Crippen LogP contribution in [0, 0.1) is 5.41 Å². The summed E-state index contributed by atoms with van der Waals surface area (Å²) in [6.45, 7) is 6.49. The van der Waals surface area contributed by atoms with Gasteiger partial charge in [-0.2, -0.15) is 0 Å². The van der Waals surface area contributed by atoms with Gasteiger partial charge in [-0.1, -0.05) is 33.1 Å². The first-order chi connectivity index (χ1) is 9.82. The number of rotatable bonds is 6. The number of hydrogen-bond donors (Lipinski definition) is 1. The molecule has 1 heterocycles. The maximum atomic E-state index is 11.7. The van der Waals surface area contributed by atoms with Gasteiger partial charge < -0.3 is 10.2 Å². The Morgan fingerprint density at radius 1 is 1.24 bits per heavy atom. The van der Waals surface area contributed by atoms with Gasteiger partial charge in [0.25, 0.3) is 0 Å². The molecule has 1 N–H and O–H groups in total. The summed E-state index contributed by atoms with van der Waals surface area (Å²) in [6, 6.07) is 0.744. The van der Waals surface area contributed by atoms with E-state index >= 15 is 0 Å². The van der Waals surface area contributed by atoms with Gasteiger partial charge in [-0.25, -0.2) is 8.42 Å². The fraction of sp³-hybridized carbons (Fsp3) is 1.00. The lowest BCUT2D eigenvalue weighted by Gasteiger charge is -2.42. The predicted molar refractivity (Wildman–Crippen MR) is 88.3 cm³/mol. The van der Waals surface area contributed by atoms with Gasteiger partial charge >= 0.3 is 0 Å². The molecule has 4 nitrogen and oxygen atoms in total. The second kappa shape index (κ2) is 6.97. The van der Waals surface area contributed by atoms with E-state index in [2.05, 4.69) is 31.1 Å². The molecule has 0 radical (unpaired) electrons. The Kier molecular flexibility index (Phi) is 5.71. The van der Waals surface area contributed by atoms with Crippen molar-refractivity contribution in [2.75, 3.05) is 31.6 Å². The number of nitrogens with zero attached hydrogens (tertiary/aromatic N) is 1. The summed E-state index contributed by atoms with van der Waals surface area (Å²) >= 11 is 0. The van der Waals surface area contributed by atoms with E-state index < -0.39 is 9.84 Å². The van der Waals surface area contributed by atoms with E-state index in [1.165, 1.54) is 32.1 Å². The van der Waals surface area contributed by atoms with E-state index in [4.69, 9.17) is 0 Å². The van der Waals surface area contributed by atoms with Gasteiger partial charge in [0.2, 0.25) is 0 Å². The fourth-order valence-corrected chi connectivity index (χ4v) is 5.70. The van der Waals surface area contributed by atoms with Crippen LogP contribution in [0.5, 0.6) is 0 Å². The van der Waals surface area contributed by atoms with E-state index in [9.17, 15) is 8.42 Å². The molecule has 1 aliphatic heterocycles. The van der Waals surface area contributed by atoms with Crippen LogP contribution in [-0.2, 0) is 9.84 Å². The largest absolute Gasteiger partial charge is 0.314 e. The first kappa shape index (κ1) is 17.2. The minimum atomic E-state index is -2.78. The molecule has 1 unspecified atom stereocenters. The summed E-state index contributed by atoms with van der Waals surface area (Å²) < 4.78 is 23.4. The average molecular weight is 317 g/mol. The Labute approximate surface area is 130 Å². The van der Waals surface area contributed by atoms with Gasteiger partial charge in [0.1, 0.15) is 0 Å². The highest BCUT2D eigenvalue weighted by Gasteiger charge is 2.37. The van der Waals surface area contributed by atoms with Gasteiger partial charge in [-0.05, 0) is 31.7 Å². The summed E-state index contributed by atoms with van der Waals surface area (Å²) in [5.74, 6) is 0.733. The molecule has 1 atom stereocenters. The zero-order valence-corrected chi connectivity index (χ0v) is 14.7. The molecule has 0 spiro atoms. The van der Waals surface area contributed by atoms with Gasteiger partial charge in [0.15, 0.2) is 9.84 Å². The third kappa shape index (κ3) is 4.93. The fourth-order valence-electron chi connectivity index (χ4n) is 3.89. The Morgan fingerprint density at radius 3 is 2.43 bits per heavy atom. The molecule has 1 aliphatic carbocycles. The Bertz CT molecular complexity index is 428. The summed E-state index contributed by atoms with van der Waals surface area (Å²) in [5.41, 5.74) is 0.337. The minimum Gasteiger partial charge on any atom is -0.314 e. The van der Waals surface area contributed by atoms with Crippen molar-refractivity contribution in [1.29, 1.82) is 0 Å². The standard InChI is InChI=1S/C16H32N2O2S/c1-14(2)17-12-16(8-5-4-6-9-16)13-18(3)15-7-10-21(19,20)11-15/h14-15,17H,4-13H2,1-3H3.